The fourth-order valence-electron chi connectivity index (χ4n) is 0.540. The highest BCUT2D eigenvalue weighted by Crippen LogP contribution is 2.18. The van der Waals surface area contributed by atoms with Crippen molar-refractivity contribution in [3.8, 4) is 0 Å². The molecule has 0 radical (unpaired) electrons. The molecule has 74 valence electrons. The van der Waals surface area contributed by atoms with Crippen LogP contribution in [0.4, 0.5) is 13.2 Å². The monoisotopic (exact) mass is 185 g/mol. The molecule has 0 rings (SSSR count). The van der Waals surface area contributed by atoms with Gasteiger partial charge in [-0.1, -0.05) is 6.92 Å². The first-order chi connectivity index (χ1) is 5.45. The molecule has 0 spiro atoms. The molecule has 0 aromatic rings. The molecule has 0 saturated carbocycles. The standard InChI is InChI=1S/C7H14F3NO/c1-6(4-11)5-12-3-2-7(8,9)10/h6H,2-5,11H2,1H3. The summed E-state index contributed by atoms with van der Waals surface area (Å²) in [7, 11) is 0. The smallest absolute Gasteiger partial charge is 0.381 e. The van der Waals surface area contributed by atoms with E-state index in [0.29, 0.717) is 13.2 Å². The van der Waals surface area contributed by atoms with Crippen LogP contribution in [-0.4, -0.2) is 25.9 Å². The Morgan fingerprint density at radius 2 is 2.00 bits per heavy atom. The van der Waals surface area contributed by atoms with Gasteiger partial charge in [-0.2, -0.15) is 13.2 Å². The van der Waals surface area contributed by atoms with Gasteiger partial charge in [0.1, 0.15) is 0 Å². The Balaban J connectivity index is 3.22. The largest absolute Gasteiger partial charge is 0.391 e. The maximum atomic E-state index is 11.6. The highest BCUT2D eigenvalue weighted by atomic mass is 19.4. The summed E-state index contributed by atoms with van der Waals surface area (Å²) in [6.07, 6.45) is -5.00. The molecule has 2 nitrogen and oxygen atoms in total. The summed E-state index contributed by atoms with van der Waals surface area (Å²) in [4.78, 5) is 0. The third-order valence-corrected chi connectivity index (χ3v) is 1.33. The van der Waals surface area contributed by atoms with E-state index in [4.69, 9.17) is 10.5 Å². The summed E-state index contributed by atoms with van der Waals surface area (Å²) < 4.78 is 39.4. The van der Waals surface area contributed by atoms with Gasteiger partial charge in [0.15, 0.2) is 0 Å². The first-order valence-corrected chi connectivity index (χ1v) is 3.80. The third kappa shape index (κ3) is 7.81. The lowest BCUT2D eigenvalue weighted by Gasteiger charge is -2.10. The Morgan fingerprint density at radius 1 is 1.42 bits per heavy atom. The lowest BCUT2D eigenvalue weighted by molar-refractivity contribution is -0.145. The second-order valence-corrected chi connectivity index (χ2v) is 2.78. The minimum Gasteiger partial charge on any atom is -0.381 e. The minimum absolute atomic E-state index is 0.123. The molecule has 0 aliphatic rings. The highest BCUT2D eigenvalue weighted by Gasteiger charge is 2.26. The number of rotatable bonds is 5. The van der Waals surface area contributed by atoms with Crippen molar-refractivity contribution in [2.75, 3.05) is 19.8 Å². The van der Waals surface area contributed by atoms with Crippen LogP contribution in [0.5, 0.6) is 0 Å². The molecule has 0 heterocycles. The number of hydrogen-bond donors (Lipinski definition) is 1. The molecule has 5 heteroatoms. The van der Waals surface area contributed by atoms with Crippen molar-refractivity contribution < 1.29 is 17.9 Å². The quantitative estimate of drug-likeness (QED) is 0.659. The summed E-state index contributed by atoms with van der Waals surface area (Å²) in [5.74, 6) is 0.123. The van der Waals surface area contributed by atoms with Crippen molar-refractivity contribution in [2.45, 2.75) is 19.5 Å². The molecular weight excluding hydrogens is 171 g/mol. The van der Waals surface area contributed by atoms with E-state index in [2.05, 4.69) is 0 Å². The van der Waals surface area contributed by atoms with Crippen LogP contribution < -0.4 is 5.73 Å². The topological polar surface area (TPSA) is 35.2 Å². The van der Waals surface area contributed by atoms with E-state index in [-0.39, 0.29) is 12.5 Å². The Kier molecular flexibility index (Phi) is 5.24. The van der Waals surface area contributed by atoms with Gasteiger partial charge in [-0.05, 0) is 12.5 Å². The lowest BCUT2D eigenvalue weighted by Crippen LogP contribution is -2.18. The van der Waals surface area contributed by atoms with Crippen LogP contribution in [0.2, 0.25) is 0 Å². The molecule has 0 aliphatic carbocycles. The molecule has 0 aliphatic heterocycles. The van der Waals surface area contributed by atoms with Gasteiger partial charge in [0.05, 0.1) is 19.6 Å². The van der Waals surface area contributed by atoms with Gasteiger partial charge in [-0.3, -0.25) is 0 Å². The van der Waals surface area contributed by atoms with Crippen molar-refractivity contribution in [2.24, 2.45) is 11.7 Å². The fraction of sp³-hybridized carbons (Fsp3) is 1.00. The van der Waals surface area contributed by atoms with E-state index in [0.717, 1.165) is 0 Å². The predicted molar refractivity (Wildman–Crippen MR) is 39.7 cm³/mol. The highest BCUT2D eigenvalue weighted by molar-refractivity contribution is 4.52. The van der Waals surface area contributed by atoms with Crippen molar-refractivity contribution in [1.82, 2.24) is 0 Å². The van der Waals surface area contributed by atoms with E-state index >= 15 is 0 Å². The van der Waals surface area contributed by atoms with Crippen LogP contribution >= 0.6 is 0 Å². The molecular formula is C7H14F3NO. The lowest BCUT2D eigenvalue weighted by atomic mass is 10.2. The SMILES string of the molecule is CC(CN)COCCC(F)(F)F. The summed E-state index contributed by atoms with van der Waals surface area (Å²) >= 11 is 0. The molecule has 0 aromatic heterocycles. The first-order valence-electron chi connectivity index (χ1n) is 3.80. The van der Waals surface area contributed by atoms with Crippen LogP contribution in [0.15, 0.2) is 0 Å². The molecule has 1 atom stereocenters. The van der Waals surface area contributed by atoms with Crippen molar-refractivity contribution in [3.05, 3.63) is 0 Å². The van der Waals surface area contributed by atoms with Crippen molar-refractivity contribution >= 4 is 0 Å². The van der Waals surface area contributed by atoms with E-state index < -0.39 is 12.6 Å². The number of ether oxygens (including phenoxy) is 1. The maximum absolute atomic E-state index is 11.6. The molecule has 2 N–H and O–H groups in total. The second kappa shape index (κ2) is 5.37. The normalized spacial score (nSPS) is 14.8. The van der Waals surface area contributed by atoms with Crippen molar-refractivity contribution in [1.29, 1.82) is 0 Å². The molecule has 1 unspecified atom stereocenters. The van der Waals surface area contributed by atoms with Gasteiger partial charge in [0, 0.05) is 0 Å². The summed E-state index contributed by atoms with van der Waals surface area (Å²) in [6, 6.07) is 0. The summed E-state index contributed by atoms with van der Waals surface area (Å²) in [5.41, 5.74) is 5.24. The number of alkyl halides is 3. The Hall–Kier alpha value is -0.290. The van der Waals surface area contributed by atoms with Crippen LogP contribution in [-0.2, 0) is 4.74 Å². The first kappa shape index (κ1) is 11.7. The van der Waals surface area contributed by atoms with E-state index in [1.165, 1.54) is 0 Å². The zero-order valence-corrected chi connectivity index (χ0v) is 7.03. The fourth-order valence-corrected chi connectivity index (χ4v) is 0.540. The minimum atomic E-state index is -4.12. The van der Waals surface area contributed by atoms with Crippen LogP contribution in [0.1, 0.15) is 13.3 Å². The Bertz CT molecular complexity index is 116. The number of halogens is 3. The summed E-state index contributed by atoms with van der Waals surface area (Å²) in [5, 5.41) is 0. The predicted octanol–water partition coefficient (Wildman–Crippen LogP) is 1.55. The zero-order valence-electron chi connectivity index (χ0n) is 7.03. The average molecular weight is 185 g/mol. The summed E-state index contributed by atoms with van der Waals surface area (Å²) in [6.45, 7) is 2.29. The Labute approximate surface area is 69.9 Å². The third-order valence-electron chi connectivity index (χ3n) is 1.33. The molecule has 0 amide bonds. The van der Waals surface area contributed by atoms with Gasteiger partial charge in [0.25, 0.3) is 0 Å². The number of nitrogens with two attached hydrogens (primary N) is 1. The number of hydrogen-bond acceptors (Lipinski definition) is 2. The maximum Gasteiger partial charge on any atom is 0.391 e. The van der Waals surface area contributed by atoms with E-state index in [9.17, 15) is 13.2 Å². The molecule has 0 saturated heterocycles. The van der Waals surface area contributed by atoms with Gasteiger partial charge in [-0.25, -0.2) is 0 Å². The van der Waals surface area contributed by atoms with Gasteiger partial charge in [-0.15, -0.1) is 0 Å². The zero-order chi connectivity index (χ0) is 9.61. The average Bonchev–Trinajstić information content (AvgIpc) is 1.96. The van der Waals surface area contributed by atoms with Crippen molar-refractivity contribution in [3.63, 3.8) is 0 Å². The molecule has 0 bridgehead atoms. The molecule has 0 aromatic carbocycles. The van der Waals surface area contributed by atoms with Gasteiger partial charge < -0.3 is 10.5 Å². The van der Waals surface area contributed by atoms with Crippen LogP contribution in [0, 0.1) is 5.92 Å². The molecule has 0 fully saturated rings. The van der Waals surface area contributed by atoms with Gasteiger partial charge >= 0.3 is 6.18 Å². The van der Waals surface area contributed by atoms with E-state index in [1.807, 2.05) is 6.92 Å². The second-order valence-electron chi connectivity index (χ2n) is 2.78. The van der Waals surface area contributed by atoms with E-state index in [1.54, 1.807) is 0 Å². The molecule has 12 heavy (non-hydrogen) atoms. The van der Waals surface area contributed by atoms with Crippen LogP contribution in [0.25, 0.3) is 0 Å². The Morgan fingerprint density at radius 3 is 2.42 bits per heavy atom. The van der Waals surface area contributed by atoms with Gasteiger partial charge in [0.2, 0.25) is 0 Å². The van der Waals surface area contributed by atoms with Crippen LogP contribution in [0.3, 0.4) is 0 Å².